The summed E-state index contributed by atoms with van der Waals surface area (Å²) in [6.07, 6.45) is 1.95. The van der Waals surface area contributed by atoms with Crippen molar-refractivity contribution in [1.29, 1.82) is 0 Å². The van der Waals surface area contributed by atoms with Crippen LogP contribution in [0.3, 0.4) is 0 Å². The molecular formula is C16H20N2O3. The minimum Gasteiger partial charge on any atom is -0.459 e. The van der Waals surface area contributed by atoms with E-state index in [1.165, 1.54) is 0 Å². The van der Waals surface area contributed by atoms with E-state index in [1.54, 1.807) is 0 Å². The summed E-state index contributed by atoms with van der Waals surface area (Å²) in [5, 5.41) is 15.9. The molecule has 1 unspecified atom stereocenters. The number of hydrogen-bond acceptors (Lipinski definition) is 3. The zero-order chi connectivity index (χ0) is 14.9. The number of hydrogen-bond donors (Lipinski definition) is 3. The Morgan fingerprint density at radius 2 is 2.19 bits per heavy atom. The SMILES string of the molecule is CC(NC(=O)NCC1(CO)CC1)c1cc2ccccc2o1. The lowest BCUT2D eigenvalue weighted by Gasteiger charge is -2.16. The molecule has 1 heterocycles. The topological polar surface area (TPSA) is 74.5 Å². The largest absolute Gasteiger partial charge is 0.459 e. The van der Waals surface area contributed by atoms with Crippen LogP contribution < -0.4 is 10.6 Å². The van der Waals surface area contributed by atoms with Crippen molar-refractivity contribution in [3.8, 4) is 0 Å². The minimum atomic E-state index is -0.234. The molecule has 3 rings (SSSR count). The summed E-state index contributed by atoms with van der Waals surface area (Å²) < 4.78 is 5.73. The third-order valence-electron chi connectivity index (χ3n) is 4.14. The minimum absolute atomic E-state index is 0.0834. The number of nitrogens with one attached hydrogen (secondary N) is 2. The Morgan fingerprint density at radius 3 is 2.86 bits per heavy atom. The average Bonchev–Trinajstić information content (AvgIpc) is 3.14. The second kappa shape index (κ2) is 5.41. The quantitative estimate of drug-likeness (QED) is 0.791. The van der Waals surface area contributed by atoms with E-state index in [0.29, 0.717) is 6.54 Å². The van der Waals surface area contributed by atoms with Crippen LogP contribution in [0.5, 0.6) is 0 Å². The summed E-state index contributed by atoms with van der Waals surface area (Å²) in [5.41, 5.74) is 0.735. The molecule has 1 aromatic carbocycles. The fraction of sp³-hybridized carbons (Fsp3) is 0.438. The highest BCUT2D eigenvalue weighted by atomic mass is 16.3. The standard InChI is InChI=1S/C16H20N2O3/c1-11(14-8-12-4-2-3-5-13(12)21-14)18-15(20)17-9-16(10-19)6-7-16/h2-5,8,11,19H,6-7,9-10H2,1H3,(H2,17,18,20). The number of carbonyl (C=O) groups excluding carboxylic acids is 1. The van der Waals surface area contributed by atoms with Gasteiger partial charge in [-0.3, -0.25) is 0 Å². The van der Waals surface area contributed by atoms with E-state index < -0.39 is 0 Å². The van der Waals surface area contributed by atoms with E-state index in [0.717, 1.165) is 29.6 Å². The number of benzene rings is 1. The Bertz CT molecular complexity index is 613. The highest BCUT2D eigenvalue weighted by Gasteiger charge is 2.42. The van der Waals surface area contributed by atoms with Gasteiger partial charge in [0.25, 0.3) is 0 Å². The van der Waals surface area contributed by atoms with Crippen LogP contribution in [0.4, 0.5) is 4.79 Å². The first-order valence-electron chi connectivity index (χ1n) is 7.26. The van der Waals surface area contributed by atoms with Crippen molar-refractivity contribution in [3.05, 3.63) is 36.1 Å². The summed E-state index contributed by atoms with van der Waals surface area (Å²) in [7, 11) is 0. The van der Waals surface area contributed by atoms with Gasteiger partial charge in [-0.15, -0.1) is 0 Å². The van der Waals surface area contributed by atoms with E-state index in [-0.39, 0.29) is 24.1 Å². The summed E-state index contributed by atoms with van der Waals surface area (Å²) in [4.78, 5) is 11.9. The van der Waals surface area contributed by atoms with E-state index >= 15 is 0 Å². The number of carbonyl (C=O) groups is 1. The molecule has 1 atom stereocenters. The van der Waals surface area contributed by atoms with Gasteiger partial charge in [-0.2, -0.15) is 0 Å². The number of urea groups is 1. The lowest BCUT2D eigenvalue weighted by Crippen LogP contribution is -2.40. The van der Waals surface area contributed by atoms with Crippen molar-refractivity contribution in [1.82, 2.24) is 10.6 Å². The van der Waals surface area contributed by atoms with Crippen molar-refractivity contribution in [2.45, 2.75) is 25.8 Å². The molecule has 1 aliphatic carbocycles. The molecule has 1 aromatic heterocycles. The van der Waals surface area contributed by atoms with E-state index in [4.69, 9.17) is 4.42 Å². The summed E-state index contributed by atoms with van der Waals surface area (Å²) >= 11 is 0. The second-order valence-corrected chi connectivity index (χ2v) is 5.89. The fourth-order valence-corrected chi connectivity index (χ4v) is 2.37. The molecular weight excluding hydrogens is 268 g/mol. The van der Waals surface area contributed by atoms with E-state index in [9.17, 15) is 9.90 Å². The Balaban J connectivity index is 1.57. The third-order valence-corrected chi connectivity index (χ3v) is 4.14. The van der Waals surface area contributed by atoms with Crippen LogP contribution in [0, 0.1) is 5.41 Å². The van der Waals surface area contributed by atoms with Gasteiger partial charge in [0.2, 0.25) is 0 Å². The first kappa shape index (κ1) is 13.9. The van der Waals surface area contributed by atoms with Crippen molar-refractivity contribution >= 4 is 17.0 Å². The molecule has 1 aliphatic rings. The number of fused-ring (bicyclic) bond motifs is 1. The maximum atomic E-state index is 11.9. The first-order valence-corrected chi connectivity index (χ1v) is 7.26. The Morgan fingerprint density at radius 1 is 1.43 bits per heavy atom. The molecule has 0 spiro atoms. The van der Waals surface area contributed by atoms with Crippen LogP contribution in [-0.4, -0.2) is 24.3 Å². The number of para-hydroxylation sites is 1. The van der Waals surface area contributed by atoms with Crippen LogP contribution in [0.25, 0.3) is 11.0 Å². The average molecular weight is 288 g/mol. The third kappa shape index (κ3) is 3.03. The van der Waals surface area contributed by atoms with Gasteiger partial charge < -0.3 is 20.2 Å². The van der Waals surface area contributed by atoms with Gasteiger partial charge in [0.1, 0.15) is 11.3 Å². The van der Waals surface area contributed by atoms with Crippen LogP contribution in [-0.2, 0) is 0 Å². The van der Waals surface area contributed by atoms with Gasteiger partial charge in [0.15, 0.2) is 0 Å². The predicted octanol–water partition coefficient (Wildman–Crippen LogP) is 2.57. The van der Waals surface area contributed by atoms with E-state index in [2.05, 4.69) is 10.6 Å². The monoisotopic (exact) mass is 288 g/mol. The fourth-order valence-electron chi connectivity index (χ4n) is 2.37. The van der Waals surface area contributed by atoms with Gasteiger partial charge in [0, 0.05) is 17.3 Å². The molecule has 0 radical (unpaired) electrons. The number of aliphatic hydroxyl groups is 1. The molecule has 0 bridgehead atoms. The normalized spacial score (nSPS) is 17.4. The smallest absolute Gasteiger partial charge is 0.315 e. The molecule has 2 aromatic rings. The molecule has 21 heavy (non-hydrogen) atoms. The van der Waals surface area contributed by atoms with Crippen molar-refractivity contribution in [3.63, 3.8) is 0 Å². The molecule has 112 valence electrons. The molecule has 5 heteroatoms. The summed E-state index contributed by atoms with van der Waals surface area (Å²) in [6.45, 7) is 2.53. The first-order chi connectivity index (χ1) is 10.1. The highest BCUT2D eigenvalue weighted by Crippen LogP contribution is 2.44. The van der Waals surface area contributed by atoms with Crippen LogP contribution in [0.2, 0.25) is 0 Å². The molecule has 2 amide bonds. The molecule has 1 saturated carbocycles. The van der Waals surface area contributed by atoms with Crippen molar-refractivity contribution in [2.75, 3.05) is 13.2 Å². The predicted molar refractivity (Wildman–Crippen MR) is 79.9 cm³/mol. The summed E-state index contributed by atoms with van der Waals surface area (Å²) in [6, 6.07) is 9.26. The van der Waals surface area contributed by atoms with Crippen molar-refractivity contribution < 1.29 is 14.3 Å². The molecule has 3 N–H and O–H groups in total. The molecule has 0 aliphatic heterocycles. The van der Waals surface area contributed by atoms with Crippen molar-refractivity contribution in [2.24, 2.45) is 5.41 Å². The van der Waals surface area contributed by atoms with Gasteiger partial charge in [-0.1, -0.05) is 18.2 Å². The Hall–Kier alpha value is -2.01. The number of aliphatic hydroxyl groups excluding tert-OH is 1. The maximum Gasteiger partial charge on any atom is 0.315 e. The molecule has 5 nitrogen and oxygen atoms in total. The number of rotatable bonds is 5. The van der Waals surface area contributed by atoms with Crippen LogP contribution in [0.1, 0.15) is 31.6 Å². The van der Waals surface area contributed by atoms with Gasteiger partial charge >= 0.3 is 6.03 Å². The van der Waals surface area contributed by atoms with Gasteiger partial charge in [0.05, 0.1) is 12.6 Å². The summed E-state index contributed by atoms with van der Waals surface area (Å²) in [5.74, 6) is 0.731. The van der Waals surface area contributed by atoms with Crippen LogP contribution in [0.15, 0.2) is 34.7 Å². The van der Waals surface area contributed by atoms with Gasteiger partial charge in [-0.05, 0) is 31.9 Å². The van der Waals surface area contributed by atoms with Crippen LogP contribution >= 0.6 is 0 Å². The maximum absolute atomic E-state index is 11.9. The zero-order valence-corrected chi connectivity index (χ0v) is 12.1. The lowest BCUT2D eigenvalue weighted by atomic mass is 10.1. The second-order valence-electron chi connectivity index (χ2n) is 5.89. The Kier molecular flexibility index (Phi) is 3.59. The zero-order valence-electron chi connectivity index (χ0n) is 12.1. The van der Waals surface area contributed by atoms with Gasteiger partial charge in [-0.25, -0.2) is 4.79 Å². The highest BCUT2D eigenvalue weighted by molar-refractivity contribution is 5.78. The number of furan rings is 1. The lowest BCUT2D eigenvalue weighted by molar-refractivity contribution is 0.202. The van der Waals surface area contributed by atoms with E-state index in [1.807, 2.05) is 37.3 Å². The Labute approximate surface area is 123 Å². The number of amides is 2. The molecule has 0 saturated heterocycles. The molecule has 1 fully saturated rings.